The lowest BCUT2D eigenvalue weighted by Crippen LogP contribution is -2.08. The molecule has 0 saturated carbocycles. The van der Waals surface area contributed by atoms with Crippen LogP contribution in [0.4, 0.5) is 14.6 Å². The number of anilines is 1. The monoisotopic (exact) mass is 289 g/mol. The summed E-state index contributed by atoms with van der Waals surface area (Å²) < 4.78 is 28.4. The molecule has 21 heavy (non-hydrogen) atoms. The topological polar surface area (TPSA) is 57.9 Å². The Kier molecular flexibility index (Phi) is 4.67. The Morgan fingerprint density at radius 3 is 2.43 bits per heavy atom. The van der Waals surface area contributed by atoms with Crippen molar-refractivity contribution in [1.29, 1.82) is 5.26 Å². The number of nitrogens with zero attached hydrogens (tertiary/aromatic N) is 2. The number of benzene rings is 1. The molecular weight excluding hydrogens is 276 g/mol. The summed E-state index contributed by atoms with van der Waals surface area (Å²) in [5.74, 6) is 0.756. The molecule has 0 aliphatic heterocycles. The second-order valence-corrected chi connectivity index (χ2v) is 4.36. The van der Waals surface area contributed by atoms with Gasteiger partial charge in [0.15, 0.2) is 0 Å². The number of nitriles is 1. The zero-order valence-corrected chi connectivity index (χ0v) is 11.3. The summed E-state index contributed by atoms with van der Waals surface area (Å²) in [6, 6.07) is 11.7. The molecule has 1 heterocycles. The average Bonchev–Trinajstić information content (AvgIpc) is 2.48. The van der Waals surface area contributed by atoms with Gasteiger partial charge in [-0.25, -0.2) is 4.98 Å². The number of halogens is 2. The van der Waals surface area contributed by atoms with E-state index in [0.717, 1.165) is 5.56 Å². The molecule has 1 unspecified atom stereocenters. The van der Waals surface area contributed by atoms with Crippen molar-refractivity contribution in [3.63, 3.8) is 0 Å². The predicted molar refractivity (Wildman–Crippen MR) is 74.1 cm³/mol. The maximum atomic E-state index is 12.1. The highest BCUT2D eigenvalue weighted by Gasteiger charge is 2.08. The molecular formula is C15H13F2N3O. The van der Waals surface area contributed by atoms with Gasteiger partial charge in [0.2, 0.25) is 0 Å². The highest BCUT2D eigenvalue weighted by molar-refractivity contribution is 5.42. The van der Waals surface area contributed by atoms with Gasteiger partial charge >= 0.3 is 6.61 Å². The minimum absolute atomic E-state index is 0.0639. The minimum Gasteiger partial charge on any atom is -0.435 e. The van der Waals surface area contributed by atoms with Crippen molar-refractivity contribution >= 4 is 5.82 Å². The van der Waals surface area contributed by atoms with E-state index in [2.05, 4.69) is 15.0 Å². The molecule has 2 rings (SSSR count). The molecule has 0 saturated heterocycles. The van der Waals surface area contributed by atoms with Crippen LogP contribution in [0.5, 0.6) is 5.75 Å². The number of rotatable bonds is 5. The van der Waals surface area contributed by atoms with E-state index in [1.54, 1.807) is 24.3 Å². The smallest absolute Gasteiger partial charge is 0.387 e. The van der Waals surface area contributed by atoms with Gasteiger partial charge in [0.25, 0.3) is 0 Å². The summed E-state index contributed by atoms with van der Waals surface area (Å²) in [7, 11) is 0. The van der Waals surface area contributed by atoms with Gasteiger partial charge < -0.3 is 10.1 Å². The lowest BCUT2D eigenvalue weighted by atomic mass is 10.1. The molecule has 0 fully saturated rings. The van der Waals surface area contributed by atoms with Gasteiger partial charge in [0.05, 0.1) is 5.56 Å². The van der Waals surface area contributed by atoms with E-state index in [1.165, 1.54) is 18.3 Å². The third kappa shape index (κ3) is 4.14. The van der Waals surface area contributed by atoms with Crippen molar-refractivity contribution in [2.24, 2.45) is 0 Å². The van der Waals surface area contributed by atoms with Crippen molar-refractivity contribution in [2.75, 3.05) is 5.32 Å². The molecule has 0 spiro atoms. The van der Waals surface area contributed by atoms with Gasteiger partial charge in [-0.15, -0.1) is 0 Å². The lowest BCUT2D eigenvalue weighted by molar-refractivity contribution is -0.0498. The number of hydrogen-bond acceptors (Lipinski definition) is 4. The quantitative estimate of drug-likeness (QED) is 0.911. The molecule has 0 radical (unpaired) electrons. The van der Waals surface area contributed by atoms with Crippen molar-refractivity contribution in [1.82, 2.24) is 4.98 Å². The predicted octanol–water partition coefficient (Wildman–Crippen LogP) is 3.73. The van der Waals surface area contributed by atoms with Crippen molar-refractivity contribution in [3.8, 4) is 11.8 Å². The Morgan fingerprint density at radius 2 is 1.90 bits per heavy atom. The van der Waals surface area contributed by atoms with Crippen LogP contribution in [0.1, 0.15) is 24.1 Å². The number of nitrogens with one attached hydrogen (secondary N) is 1. The molecule has 4 nitrogen and oxygen atoms in total. The van der Waals surface area contributed by atoms with E-state index in [-0.39, 0.29) is 11.8 Å². The van der Waals surface area contributed by atoms with Crippen LogP contribution in [-0.2, 0) is 0 Å². The van der Waals surface area contributed by atoms with Crippen molar-refractivity contribution in [2.45, 2.75) is 19.6 Å². The third-order valence-electron chi connectivity index (χ3n) is 2.86. The maximum absolute atomic E-state index is 12.1. The Hall–Kier alpha value is -2.68. The van der Waals surface area contributed by atoms with E-state index in [4.69, 9.17) is 5.26 Å². The Morgan fingerprint density at radius 1 is 1.19 bits per heavy atom. The summed E-state index contributed by atoms with van der Waals surface area (Å²) in [6.45, 7) is -0.905. The fourth-order valence-electron chi connectivity index (χ4n) is 1.79. The molecule has 1 aromatic heterocycles. The Balaban J connectivity index is 2.02. The van der Waals surface area contributed by atoms with Crippen LogP contribution >= 0.6 is 0 Å². The van der Waals surface area contributed by atoms with E-state index in [0.29, 0.717) is 11.4 Å². The number of hydrogen-bond donors (Lipinski definition) is 1. The molecule has 0 amide bonds. The molecule has 0 aliphatic rings. The first kappa shape index (κ1) is 14.7. The zero-order chi connectivity index (χ0) is 15.2. The summed E-state index contributed by atoms with van der Waals surface area (Å²) in [4.78, 5) is 4.11. The van der Waals surface area contributed by atoms with Gasteiger partial charge in [-0.1, -0.05) is 12.1 Å². The first-order valence-electron chi connectivity index (χ1n) is 6.26. The third-order valence-corrected chi connectivity index (χ3v) is 2.86. The van der Waals surface area contributed by atoms with Gasteiger partial charge in [0, 0.05) is 12.2 Å². The standard InChI is InChI=1S/C15H13F2N3O/c1-10(20-14-7-2-11(8-18)9-19-14)12-3-5-13(6-4-12)21-15(16)17/h2-7,9-10,15H,1H3,(H,19,20). The summed E-state index contributed by atoms with van der Waals surface area (Å²) >= 11 is 0. The molecule has 1 aromatic carbocycles. The summed E-state index contributed by atoms with van der Waals surface area (Å²) in [5, 5.41) is 11.9. The Bertz CT molecular complexity index is 621. The summed E-state index contributed by atoms with van der Waals surface area (Å²) in [6.07, 6.45) is 1.48. The molecule has 1 N–H and O–H groups in total. The molecule has 1 atom stereocenters. The first-order chi connectivity index (χ1) is 10.1. The molecule has 6 heteroatoms. The minimum atomic E-state index is -2.82. The first-order valence-corrected chi connectivity index (χ1v) is 6.26. The van der Waals surface area contributed by atoms with Crippen LogP contribution in [0.2, 0.25) is 0 Å². The van der Waals surface area contributed by atoms with Gasteiger partial charge in [0.1, 0.15) is 17.6 Å². The Labute approximate surface area is 121 Å². The average molecular weight is 289 g/mol. The van der Waals surface area contributed by atoms with E-state index >= 15 is 0 Å². The summed E-state index contributed by atoms with van der Waals surface area (Å²) in [5.41, 5.74) is 1.39. The largest absolute Gasteiger partial charge is 0.435 e. The fourth-order valence-corrected chi connectivity index (χ4v) is 1.79. The molecule has 0 aliphatic carbocycles. The molecule has 108 valence electrons. The van der Waals surface area contributed by atoms with Crippen molar-refractivity contribution < 1.29 is 13.5 Å². The zero-order valence-electron chi connectivity index (χ0n) is 11.3. The number of alkyl halides is 2. The van der Waals surface area contributed by atoms with E-state index in [9.17, 15) is 8.78 Å². The number of pyridine rings is 1. The lowest BCUT2D eigenvalue weighted by Gasteiger charge is -2.15. The van der Waals surface area contributed by atoms with Crippen LogP contribution in [0.15, 0.2) is 42.6 Å². The van der Waals surface area contributed by atoms with Crippen LogP contribution in [-0.4, -0.2) is 11.6 Å². The van der Waals surface area contributed by atoms with Gasteiger partial charge in [-0.3, -0.25) is 0 Å². The second-order valence-electron chi connectivity index (χ2n) is 4.36. The maximum Gasteiger partial charge on any atom is 0.387 e. The van der Waals surface area contributed by atoms with Crippen LogP contribution < -0.4 is 10.1 Å². The number of aromatic nitrogens is 1. The fraction of sp³-hybridized carbons (Fsp3) is 0.200. The second kappa shape index (κ2) is 6.66. The van der Waals surface area contributed by atoms with Crippen LogP contribution in [0.3, 0.4) is 0 Å². The van der Waals surface area contributed by atoms with Gasteiger partial charge in [-0.2, -0.15) is 14.0 Å². The van der Waals surface area contributed by atoms with E-state index < -0.39 is 6.61 Å². The van der Waals surface area contributed by atoms with Gasteiger partial charge in [-0.05, 0) is 36.8 Å². The molecule has 0 bridgehead atoms. The van der Waals surface area contributed by atoms with E-state index in [1.807, 2.05) is 13.0 Å². The normalized spacial score (nSPS) is 11.8. The van der Waals surface area contributed by atoms with Crippen molar-refractivity contribution in [3.05, 3.63) is 53.7 Å². The molecule has 2 aromatic rings. The number of ether oxygens (including phenoxy) is 1. The SMILES string of the molecule is CC(Nc1ccc(C#N)cn1)c1ccc(OC(F)F)cc1. The van der Waals surface area contributed by atoms with Crippen LogP contribution in [0, 0.1) is 11.3 Å². The van der Waals surface area contributed by atoms with Crippen LogP contribution in [0.25, 0.3) is 0 Å². The highest BCUT2D eigenvalue weighted by Crippen LogP contribution is 2.21. The highest BCUT2D eigenvalue weighted by atomic mass is 19.3.